The van der Waals surface area contributed by atoms with Gasteiger partial charge in [0.1, 0.15) is 0 Å². The third-order valence-electron chi connectivity index (χ3n) is 5.04. The summed E-state index contributed by atoms with van der Waals surface area (Å²) in [5.74, 6) is -0.380. The Morgan fingerprint density at radius 3 is 2.23 bits per heavy atom. The fourth-order valence-corrected chi connectivity index (χ4v) is 4.53. The highest BCUT2D eigenvalue weighted by atomic mass is 35.5. The molecule has 0 aliphatic carbocycles. The molecule has 1 atom stereocenters. The van der Waals surface area contributed by atoms with Crippen molar-refractivity contribution in [3.63, 3.8) is 0 Å². The molecule has 0 aliphatic heterocycles. The number of nitrogens with one attached hydrogen (secondary N) is 2. The van der Waals surface area contributed by atoms with Crippen molar-refractivity contribution < 1.29 is 13.2 Å². The van der Waals surface area contributed by atoms with E-state index < -0.39 is 10.0 Å². The van der Waals surface area contributed by atoms with Gasteiger partial charge in [-0.25, -0.2) is 8.42 Å². The molecule has 0 fully saturated rings. The topological polar surface area (TPSA) is 75.3 Å². The summed E-state index contributed by atoms with van der Waals surface area (Å²) in [6.45, 7) is 7.77. The molecule has 0 heterocycles. The van der Waals surface area contributed by atoms with Crippen molar-refractivity contribution in [3.8, 4) is 0 Å². The molecule has 7 heteroatoms. The van der Waals surface area contributed by atoms with E-state index in [0.717, 1.165) is 22.3 Å². The second-order valence-corrected chi connectivity index (χ2v) is 9.76. The minimum atomic E-state index is -3.79. The van der Waals surface area contributed by atoms with Crippen LogP contribution in [0.3, 0.4) is 0 Å². The highest BCUT2D eigenvalue weighted by Crippen LogP contribution is 2.25. The van der Waals surface area contributed by atoms with Gasteiger partial charge in [-0.05, 0) is 69.2 Å². The molecule has 0 unspecified atom stereocenters. The minimum absolute atomic E-state index is 0.141. The van der Waals surface area contributed by atoms with E-state index in [4.69, 9.17) is 11.6 Å². The molecule has 3 aromatic rings. The molecular formula is C24H25ClN2O3S. The van der Waals surface area contributed by atoms with E-state index in [0.29, 0.717) is 0 Å². The molecule has 1 amide bonds. The molecule has 3 aromatic carbocycles. The molecule has 0 radical (unpaired) electrons. The number of rotatable bonds is 6. The maximum atomic E-state index is 12.9. The van der Waals surface area contributed by atoms with Gasteiger partial charge < -0.3 is 5.32 Å². The third-order valence-corrected chi connectivity index (χ3v) is 6.77. The van der Waals surface area contributed by atoms with E-state index in [9.17, 15) is 13.2 Å². The van der Waals surface area contributed by atoms with Crippen LogP contribution < -0.4 is 10.0 Å². The Kier molecular flexibility index (Phi) is 6.72. The zero-order valence-corrected chi connectivity index (χ0v) is 19.4. The maximum Gasteiger partial charge on any atom is 0.261 e. The Morgan fingerprint density at radius 2 is 1.55 bits per heavy atom. The molecule has 0 saturated heterocycles. The van der Waals surface area contributed by atoms with Crippen molar-refractivity contribution in [1.29, 1.82) is 0 Å². The van der Waals surface area contributed by atoms with Gasteiger partial charge in [0.25, 0.3) is 15.9 Å². The normalized spacial score (nSPS) is 12.3. The highest BCUT2D eigenvalue weighted by Gasteiger charge is 2.19. The van der Waals surface area contributed by atoms with Crippen LogP contribution in [-0.2, 0) is 10.0 Å². The lowest BCUT2D eigenvalue weighted by Gasteiger charge is -2.18. The number of hydrogen-bond donors (Lipinski definition) is 2. The van der Waals surface area contributed by atoms with E-state index in [1.54, 1.807) is 12.1 Å². The second-order valence-electron chi connectivity index (χ2n) is 7.67. The molecule has 0 aromatic heterocycles. The number of aryl methyl sites for hydroxylation is 3. The van der Waals surface area contributed by atoms with Crippen LogP contribution in [0.4, 0.5) is 5.69 Å². The van der Waals surface area contributed by atoms with Gasteiger partial charge in [0, 0.05) is 5.69 Å². The summed E-state index contributed by atoms with van der Waals surface area (Å²) in [4.78, 5) is 13.0. The molecule has 31 heavy (non-hydrogen) atoms. The summed E-state index contributed by atoms with van der Waals surface area (Å²) in [5.41, 5.74) is 4.61. The van der Waals surface area contributed by atoms with Gasteiger partial charge in [0.05, 0.1) is 21.5 Å². The van der Waals surface area contributed by atoms with E-state index >= 15 is 0 Å². The van der Waals surface area contributed by atoms with E-state index in [1.807, 2.05) is 45.9 Å². The number of benzene rings is 3. The smallest absolute Gasteiger partial charge is 0.261 e. The molecule has 2 N–H and O–H groups in total. The zero-order valence-electron chi connectivity index (χ0n) is 17.9. The van der Waals surface area contributed by atoms with Gasteiger partial charge in [0.15, 0.2) is 0 Å². The number of hydrogen-bond acceptors (Lipinski definition) is 3. The predicted octanol–water partition coefficient (Wildman–Crippen LogP) is 5.56. The van der Waals surface area contributed by atoms with Crippen LogP contribution in [0, 0.1) is 20.8 Å². The van der Waals surface area contributed by atoms with E-state index in [1.165, 1.54) is 30.3 Å². The molecular weight excluding hydrogens is 432 g/mol. The Bertz CT molecular complexity index is 1220. The summed E-state index contributed by atoms with van der Waals surface area (Å²) >= 11 is 6.24. The summed E-state index contributed by atoms with van der Waals surface area (Å²) in [5, 5.41) is 3.19. The highest BCUT2D eigenvalue weighted by molar-refractivity contribution is 7.92. The van der Waals surface area contributed by atoms with Crippen molar-refractivity contribution in [2.24, 2.45) is 0 Å². The zero-order chi connectivity index (χ0) is 22.8. The number of carbonyl (C=O) groups is 1. The Morgan fingerprint density at radius 1 is 0.903 bits per heavy atom. The van der Waals surface area contributed by atoms with Gasteiger partial charge in [-0.3, -0.25) is 9.52 Å². The van der Waals surface area contributed by atoms with Crippen LogP contribution in [-0.4, -0.2) is 14.3 Å². The second kappa shape index (κ2) is 9.12. The first-order chi connectivity index (χ1) is 14.6. The number of amides is 1. The first-order valence-electron chi connectivity index (χ1n) is 9.84. The Balaban J connectivity index is 1.82. The summed E-state index contributed by atoms with van der Waals surface area (Å²) in [7, 11) is -3.79. The van der Waals surface area contributed by atoms with Crippen LogP contribution in [0.2, 0.25) is 5.02 Å². The van der Waals surface area contributed by atoms with Gasteiger partial charge >= 0.3 is 0 Å². The summed E-state index contributed by atoms with van der Waals surface area (Å²) in [6, 6.07) is 16.8. The lowest BCUT2D eigenvalue weighted by atomic mass is 9.99. The fraction of sp³-hybridized carbons (Fsp3) is 0.208. The number of carbonyl (C=O) groups excluding carboxylic acids is 1. The first-order valence-corrected chi connectivity index (χ1v) is 11.7. The fourth-order valence-electron chi connectivity index (χ4n) is 3.27. The Hall–Kier alpha value is -2.83. The summed E-state index contributed by atoms with van der Waals surface area (Å²) < 4.78 is 27.8. The molecule has 0 bridgehead atoms. The molecule has 3 rings (SSSR count). The standard InChI is InChI=1S/C24H25ClN2O3S/c1-15-6-10-20(11-7-15)31(29,30)27-19-9-12-23(25)22(14-19)24(28)26-18(4)21-13-16(2)5-8-17(21)3/h5-14,18,27H,1-4H3,(H,26,28)/t18-/m0/s1. The molecule has 5 nitrogen and oxygen atoms in total. The van der Waals surface area contributed by atoms with Crippen molar-refractivity contribution in [2.45, 2.75) is 38.6 Å². The van der Waals surface area contributed by atoms with Gasteiger partial charge in [-0.15, -0.1) is 0 Å². The monoisotopic (exact) mass is 456 g/mol. The molecule has 0 aliphatic rings. The van der Waals surface area contributed by atoms with E-state index in [2.05, 4.69) is 10.0 Å². The van der Waals surface area contributed by atoms with Gasteiger partial charge in [0.2, 0.25) is 0 Å². The van der Waals surface area contributed by atoms with Crippen molar-refractivity contribution in [1.82, 2.24) is 5.32 Å². The van der Waals surface area contributed by atoms with Crippen LogP contribution in [0.15, 0.2) is 65.6 Å². The largest absolute Gasteiger partial charge is 0.345 e. The van der Waals surface area contributed by atoms with E-state index in [-0.39, 0.29) is 33.1 Å². The predicted molar refractivity (Wildman–Crippen MR) is 125 cm³/mol. The maximum absolute atomic E-state index is 12.9. The average molecular weight is 457 g/mol. The molecule has 0 saturated carbocycles. The number of sulfonamides is 1. The third kappa shape index (κ3) is 5.46. The van der Waals surface area contributed by atoms with Crippen LogP contribution in [0.25, 0.3) is 0 Å². The Labute approximate surface area is 188 Å². The minimum Gasteiger partial charge on any atom is -0.345 e. The molecule has 162 valence electrons. The van der Waals surface area contributed by atoms with Crippen molar-refractivity contribution in [3.05, 3.63) is 93.5 Å². The van der Waals surface area contributed by atoms with Gasteiger partial charge in [-0.2, -0.15) is 0 Å². The first kappa shape index (κ1) is 22.8. The van der Waals surface area contributed by atoms with Crippen LogP contribution in [0.1, 0.15) is 45.6 Å². The van der Waals surface area contributed by atoms with Crippen molar-refractivity contribution in [2.75, 3.05) is 4.72 Å². The van der Waals surface area contributed by atoms with Gasteiger partial charge in [-0.1, -0.05) is 53.1 Å². The quantitative estimate of drug-likeness (QED) is 0.510. The van der Waals surface area contributed by atoms with Crippen molar-refractivity contribution >= 4 is 33.2 Å². The van der Waals surface area contributed by atoms with Crippen LogP contribution in [0.5, 0.6) is 0 Å². The SMILES string of the molecule is Cc1ccc(S(=O)(=O)Nc2ccc(Cl)c(C(=O)N[C@@H](C)c3cc(C)ccc3C)c2)cc1. The van der Waals surface area contributed by atoms with Crippen LogP contribution >= 0.6 is 11.6 Å². The number of halogens is 1. The number of anilines is 1. The summed E-state index contributed by atoms with van der Waals surface area (Å²) in [6.07, 6.45) is 0. The lowest BCUT2D eigenvalue weighted by molar-refractivity contribution is 0.0940. The average Bonchev–Trinajstić information content (AvgIpc) is 2.71. The lowest BCUT2D eigenvalue weighted by Crippen LogP contribution is -2.27. The molecule has 0 spiro atoms.